The molecule has 1 amide bonds. The molecule has 2 aliphatic heterocycles. The fourth-order valence-electron chi connectivity index (χ4n) is 3.96. The van der Waals surface area contributed by atoms with Crippen LogP contribution in [0.4, 0.5) is 0 Å². The molecule has 4 heterocycles. The van der Waals surface area contributed by atoms with E-state index in [1.54, 1.807) is 0 Å². The topological polar surface area (TPSA) is 63.1 Å². The van der Waals surface area contributed by atoms with Gasteiger partial charge in [0.25, 0.3) is 0 Å². The second-order valence-corrected chi connectivity index (χ2v) is 7.02. The monoisotopic (exact) mass is 339 g/mol. The van der Waals surface area contributed by atoms with Crippen molar-refractivity contribution in [3.63, 3.8) is 0 Å². The van der Waals surface area contributed by atoms with Crippen LogP contribution in [0.1, 0.15) is 36.7 Å². The predicted octanol–water partition coefficient (Wildman–Crippen LogP) is 1.64. The third kappa shape index (κ3) is 3.58. The average Bonchev–Trinajstić information content (AvgIpc) is 3.34. The summed E-state index contributed by atoms with van der Waals surface area (Å²) in [6.45, 7) is 4.25. The van der Waals surface area contributed by atoms with Gasteiger partial charge in [0.05, 0.1) is 18.2 Å². The first-order chi connectivity index (χ1) is 12.3. The molecule has 132 valence electrons. The number of amides is 1. The number of nitrogens with zero attached hydrogens (tertiary/aromatic N) is 4. The second-order valence-electron chi connectivity index (χ2n) is 7.02. The number of pyridine rings is 1. The first-order valence-corrected chi connectivity index (χ1v) is 9.21. The van der Waals surface area contributed by atoms with Gasteiger partial charge in [-0.2, -0.15) is 0 Å². The first kappa shape index (κ1) is 16.3. The molecule has 6 nitrogen and oxygen atoms in total. The van der Waals surface area contributed by atoms with Crippen molar-refractivity contribution in [1.29, 1.82) is 0 Å². The molecule has 0 aliphatic carbocycles. The molecule has 4 rings (SSSR count). The molecule has 2 aromatic heterocycles. The summed E-state index contributed by atoms with van der Waals surface area (Å²) in [6.07, 6.45) is 8.70. The molecule has 0 radical (unpaired) electrons. The van der Waals surface area contributed by atoms with Crippen molar-refractivity contribution >= 4 is 5.91 Å². The van der Waals surface area contributed by atoms with E-state index in [1.807, 2.05) is 36.8 Å². The van der Waals surface area contributed by atoms with E-state index in [2.05, 4.69) is 24.8 Å². The van der Waals surface area contributed by atoms with Crippen LogP contribution in [0.25, 0.3) is 0 Å². The van der Waals surface area contributed by atoms with Crippen LogP contribution in [0.5, 0.6) is 0 Å². The predicted molar refractivity (Wildman–Crippen MR) is 95.1 cm³/mol. The number of likely N-dealkylation sites (tertiary alicyclic amines) is 1. The lowest BCUT2D eigenvalue weighted by Crippen LogP contribution is -2.42. The summed E-state index contributed by atoms with van der Waals surface area (Å²) in [6, 6.07) is 5.99. The van der Waals surface area contributed by atoms with E-state index >= 15 is 0 Å². The minimum Gasteiger partial charge on any atom is -0.342 e. The van der Waals surface area contributed by atoms with Crippen LogP contribution in [0.15, 0.2) is 36.8 Å². The van der Waals surface area contributed by atoms with Gasteiger partial charge in [-0.25, -0.2) is 4.98 Å². The van der Waals surface area contributed by atoms with Crippen molar-refractivity contribution in [2.75, 3.05) is 26.2 Å². The molecule has 2 aliphatic rings. The van der Waals surface area contributed by atoms with Gasteiger partial charge >= 0.3 is 0 Å². The number of aromatic nitrogens is 3. The summed E-state index contributed by atoms with van der Waals surface area (Å²) in [4.78, 5) is 23.6. The Balaban J connectivity index is 1.38. The number of nitrogens with one attached hydrogen (secondary N) is 1. The molecule has 2 fully saturated rings. The van der Waals surface area contributed by atoms with Crippen molar-refractivity contribution in [1.82, 2.24) is 24.8 Å². The normalized spacial score (nSPS) is 21.6. The average molecular weight is 339 g/mol. The van der Waals surface area contributed by atoms with Gasteiger partial charge in [-0.3, -0.25) is 9.78 Å². The van der Waals surface area contributed by atoms with Gasteiger partial charge in [0.2, 0.25) is 5.91 Å². The quantitative estimate of drug-likeness (QED) is 0.920. The van der Waals surface area contributed by atoms with E-state index in [0.29, 0.717) is 11.8 Å². The third-order valence-electron chi connectivity index (χ3n) is 5.39. The Hall–Kier alpha value is -2.21. The summed E-state index contributed by atoms with van der Waals surface area (Å²) >= 11 is 0. The molecular formula is C19H25N5O. The van der Waals surface area contributed by atoms with Crippen LogP contribution in [0, 0.1) is 5.92 Å². The van der Waals surface area contributed by atoms with Crippen LogP contribution < -0.4 is 5.32 Å². The summed E-state index contributed by atoms with van der Waals surface area (Å²) in [5.74, 6) is 2.06. The molecule has 0 unspecified atom stereocenters. The van der Waals surface area contributed by atoms with Crippen molar-refractivity contribution < 1.29 is 4.79 Å². The van der Waals surface area contributed by atoms with Gasteiger partial charge in [0, 0.05) is 44.1 Å². The summed E-state index contributed by atoms with van der Waals surface area (Å²) < 4.78 is 2.20. The van der Waals surface area contributed by atoms with E-state index in [0.717, 1.165) is 63.5 Å². The zero-order chi connectivity index (χ0) is 17.1. The molecular weight excluding hydrogens is 314 g/mol. The maximum absolute atomic E-state index is 12.6. The maximum atomic E-state index is 12.6. The lowest BCUT2D eigenvalue weighted by atomic mass is 9.94. The SMILES string of the molecule is O=C([C@H]1CCNC1)N1CCC(c2nccn2Cc2ccccn2)CC1. The molecule has 1 atom stereocenters. The standard InChI is InChI=1S/C19H25N5O/c25-19(16-4-8-20-13-16)23-10-5-15(6-11-23)18-22-9-12-24(18)14-17-3-1-2-7-21-17/h1-3,7,9,12,15-16,20H,4-6,8,10-11,13-14H2/t16-/m0/s1. The Bertz CT molecular complexity index is 700. The van der Waals surface area contributed by atoms with Gasteiger partial charge in [0.15, 0.2) is 0 Å². The van der Waals surface area contributed by atoms with E-state index in [4.69, 9.17) is 0 Å². The van der Waals surface area contributed by atoms with Crippen LogP contribution >= 0.6 is 0 Å². The Morgan fingerprint density at radius 2 is 2.04 bits per heavy atom. The third-order valence-corrected chi connectivity index (χ3v) is 5.39. The highest BCUT2D eigenvalue weighted by Gasteiger charge is 2.31. The fraction of sp³-hybridized carbons (Fsp3) is 0.526. The molecule has 2 saturated heterocycles. The van der Waals surface area contributed by atoms with Crippen molar-refractivity contribution in [2.24, 2.45) is 5.92 Å². The van der Waals surface area contributed by atoms with Gasteiger partial charge < -0.3 is 14.8 Å². The highest BCUT2D eigenvalue weighted by molar-refractivity contribution is 5.79. The molecule has 0 aromatic carbocycles. The van der Waals surface area contributed by atoms with Crippen LogP contribution in [0.3, 0.4) is 0 Å². The van der Waals surface area contributed by atoms with Crippen LogP contribution in [0.2, 0.25) is 0 Å². The number of piperidine rings is 1. The summed E-state index contributed by atoms with van der Waals surface area (Å²) in [5.41, 5.74) is 1.04. The van der Waals surface area contributed by atoms with Crippen molar-refractivity contribution in [3.8, 4) is 0 Å². The summed E-state index contributed by atoms with van der Waals surface area (Å²) in [7, 11) is 0. The van der Waals surface area contributed by atoms with E-state index in [-0.39, 0.29) is 5.92 Å². The van der Waals surface area contributed by atoms with Crippen LogP contribution in [-0.2, 0) is 11.3 Å². The van der Waals surface area contributed by atoms with Gasteiger partial charge in [-0.1, -0.05) is 6.07 Å². The Kier molecular flexibility index (Phi) is 4.78. The highest BCUT2D eigenvalue weighted by Crippen LogP contribution is 2.28. The number of hydrogen-bond acceptors (Lipinski definition) is 4. The molecule has 1 N–H and O–H groups in total. The number of carbonyl (C=O) groups excluding carboxylic acids is 1. The van der Waals surface area contributed by atoms with Crippen LogP contribution in [-0.4, -0.2) is 51.5 Å². The summed E-state index contributed by atoms with van der Waals surface area (Å²) in [5, 5.41) is 3.29. The maximum Gasteiger partial charge on any atom is 0.227 e. The zero-order valence-electron chi connectivity index (χ0n) is 14.5. The number of hydrogen-bond donors (Lipinski definition) is 1. The number of carbonyl (C=O) groups is 1. The fourth-order valence-corrected chi connectivity index (χ4v) is 3.96. The Labute approximate surface area is 148 Å². The zero-order valence-corrected chi connectivity index (χ0v) is 14.5. The second kappa shape index (κ2) is 7.35. The Morgan fingerprint density at radius 1 is 1.16 bits per heavy atom. The lowest BCUT2D eigenvalue weighted by molar-refractivity contribution is -0.136. The van der Waals surface area contributed by atoms with E-state index < -0.39 is 0 Å². The molecule has 25 heavy (non-hydrogen) atoms. The molecule has 0 bridgehead atoms. The molecule has 6 heteroatoms. The number of imidazole rings is 1. The van der Waals surface area contributed by atoms with Crippen molar-refractivity contribution in [2.45, 2.75) is 31.7 Å². The Morgan fingerprint density at radius 3 is 2.76 bits per heavy atom. The van der Waals surface area contributed by atoms with E-state index in [9.17, 15) is 4.79 Å². The van der Waals surface area contributed by atoms with E-state index in [1.165, 1.54) is 0 Å². The first-order valence-electron chi connectivity index (χ1n) is 9.21. The largest absolute Gasteiger partial charge is 0.342 e. The highest BCUT2D eigenvalue weighted by atomic mass is 16.2. The van der Waals surface area contributed by atoms with Crippen molar-refractivity contribution in [3.05, 3.63) is 48.3 Å². The number of rotatable bonds is 4. The van der Waals surface area contributed by atoms with Gasteiger partial charge in [-0.05, 0) is 37.9 Å². The van der Waals surface area contributed by atoms with Gasteiger partial charge in [0.1, 0.15) is 5.82 Å². The minimum atomic E-state index is 0.183. The molecule has 2 aromatic rings. The van der Waals surface area contributed by atoms with Gasteiger partial charge in [-0.15, -0.1) is 0 Å². The minimum absolute atomic E-state index is 0.183. The molecule has 0 saturated carbocycles. The lowest BCUT2D eigenvalue weighted by Gasteiger charge is -2.33. The smallest absolute Gasteiger partial charge is 0.227 e. The molecule has 0 spiro atoms.